The molecule has 146 valence electrons. The standard InChI is InChI=1S/C21H26ClFN2O2/c1-5-7-14(12-25-4)20(26)19(18(24)10-13(3)6-2)21(27)16-9-8-15(22)11-17(16)23/h5,7-9,11-13,19-20,24,26H,4,6,10H2,1-3H3. The highest BCUT2D eigenvalue weighted by Crippen LogP contribution is 2.26. The Hall–Kier alpha value is -2.11. The van der Waals surface area contributed by atoms with Crippen molar-refractivity contribution in [3.05, 3.63) is 58.5 Å². The highest BCUT2D eigenvalue weighted by atomic mass is 35.5. The number of halogens is 2. The van der Waals surface area contributed by atoms with Crippen molar-refractivity contribution in [3.63, 3.8) is 0 Å². The van der Waals surface area contributed by atoms with E-state index >= 15 is 0 Å². The van der Waals surface area contributed by atoms with Crippen LogP contribution < -0.4 is 0 Å². The molecule has 2 N–H and O–H groups in total. The monoisotopic (exact) mass is 392 g/mol. The minimum atomic E-state index is -1.34. The normalized spacial score (nSPS) is 15.4. The number of hydrogen-bond donors (Lipinski definition) is 2. The predicted molar refractivity (Wildman–Crippen MR) is 109 cm³/mol. The van der Waals surface area contributed by atoms with Gasteiger partial charge >= 0.3 is 0 Å². The smallest absolute Gasteiger partial charge is 0.177 e. The molecule has 3 atom stereocenters. The minimum Gasteiger partial charge on any atom is -0.387 e. The van der Waals surface area contributed by atoms with Crippen LogP contribution in [0.15, 0.2) is 47.1 Å². The maximum absolute atomic E-state index is 14.3. The molecule has 0 saturated heterocycles. The number of carbonyl (C=O) groups excluding carboxylic acids is 1. The van der Waals surface area contributed by atoms with Gasteiger partial charge in [0.25, 0.3) is 0 Å². The van der Waals surface area contributed by atoms with Crippen molar-refractivity contribution in [3.8, 4) is 0 Å². The molecule has 27 heavy (non-hydrogen) atoms. The Morgan fingerprint density at radius 2 is 2.15 bits per heavy atom. The number of allylic oxidation sites excluding steroid dienone is 1. The topological polar surface area (TPSA) is 73.5 Å². The summed E-state index contributed by atoms with van der Waals surface area (Å²) in [5.74, 6) is -2.51. The first-order chi connectivity index (χ1) is 12.8. The molecule has 0 amide bonds. The van der Waals surface area contributed by atoms with E-state index in [1.165, 1.54) is 18.3 Å². The lowest BCUT2D eigenvalue weighted by molar-refractivity contribution is 0.0844. The first kappa shape index (κ1) is 22.9. The van der Waals surface area contributed by atoms with Gasteiger partial charge in [0.1, 0.15) is 5.82 Å². The number of benzene rings is 1. The number of hydrogen-bond acceptors (Lipinski definition) is 4. The quantitative estimate of drug-likeness (QED) is 0.324. The van der Waals surface area contributed by atoms with Gasteiger partial charge in [-0.25, -0.2) is 4.39 Å². The van der Waals surface area contributed by atoms with Gasteiger partial charge in [-0.05, 0) is 49.8 Å². The van der Waals surface area contributed by atoms with Crippen molar-refractivity contribution in [1.29, 1.82) is 5.41 Å². The summed E-state index contributed by atoms with van der Waals surface area (Å²) in [6.45, 7) is 9.07. The van der Waals surface area contributed by atoms with Crippen molar-refractivity contribution in [1.82, 2.24) is 0 Å². The SMILES string of the molecule is C=NC=C(C=CC)C(O)C(C(=N)CC(C)CC)C(=O)c1ccc(Cl)cc1F. The van der Waals surface area contributed by atoms with Crippen molar-refractivity contribution < 1.29 is 14.3 Å². The molecule has 6 heteroatoms. The van der Waals surface area contributed by atoms with Gasteiger partial charge in [-0.3, -0.25) is 9.79 Å². The van der Waals surface area contributed by atoms with Gasteiger partial charge in [0.2, 0.25) is 0 Å². The summed E-state index contributed by atoms with van der Waals surface area (Å²) in [6, 6.07) is 3.74. The van der Waals surface area contributed by atoms with Crippen molar-refractivity contribution in [2.75, 3.05) is 0 Å². The summed E-state index contributed by atoms with van der Waals surface area (Å²) in [6.07, 6.45) is 4.41. The van der Waals surface area contributed by atoms with Gasteiger partial charge in [0.15, 0.2) is 5.78 Å². The molecular weight excluding hydrogens is 367 g/mol. The van der Waals surface area contributed by atoms with Gasteiger partial charge in [-0.1, -0.05) is 44.0 Å². The first-order valence-corrected chi connectivity index (χ1v) is 9.17. The summed E-state index contributed by atoms with van der Waals surface area (Å²) < 4.78 is 14.3. The number of aliphatic imine (C=N–C) groups is 1. The Morgan fingerprint density at radius 1 is 1.48 bits per heavy atom. The average Bonchev–Trinajstić information content (AvgIpc) is 2.61. The Kier molecular flexibility index (Phi) is 9.26. The first-order valence-electron chi connectivity index (χ1n) is 8.79. The van der Waals surface area contributed by atoms with E-state index in [9.17, 15) is 14.3 Å². The van der Waals surface area contributed by atoms with Crippen molar-refractivity contribution >= 4 is 29.8 Å². The Bertz CT molecular complexity index is 759. The van der Waals surface area contributed by atoms with E-state index in [0.717, 1.165) is 12.5 Å². The Labute approximate surface area is 165 Å². The predicted octanol–water partition coefficient (Wildman–Crippen LogP) is 5.26. The lowest BCUT2D eigenvalue weighted by atomic mass is 9.81. The van der Waals surface area contributed by atoms with Crippen LogP contribution in [-0.2, 0) is 0 Å². The van der Waals surface area contributed by atoms with E-state index in [-0.39, 0.29) is 22.2 Å². The van der Waals surface area contributed by atoms with E-state index in [2.05, 4.69) is 11.7 Å². The fourth-order valence-electron chi connectivity index (χ4n) is 2.70. The molecule has 1 aromatic rings. The zero-order chi connectivity index (χ0) is 20.6. The van der Waals surface area contributed by atoms with Crippen molar-refractivity contribution in [2.45, 2.75) is 39.7 Å². The highest BCUT2D eigenvalue weighted by molar-refractivity contribution is 6.30. The lowest BCUT2D eigenvalue weighted by Crippen LogP contribution is -2.37. The summed E-state index contributed by atoms with van der Waals surface area (Å²) >= 11 is 5.77. The fraction of sp³-hybridized carbons (Fsp3) is 0.381. The second-order valence-electron chi connectivity index (χ2n) is 6.47. The molecule has 0 aliphatic rings. The fourth-order valence-corrected chi connectivity index (χ4v) is 2.86. The van der Waals surface area contributed by atoms with E-state index in [1.807, 2.05) is 13.8 Å². The van der Waals surface area contributed by atoms with Gasteiger partial charge < -0.3 is 10.5 Å². The van der Waals surface area contributed by atoms with E-state index < -0.39 is 23.6 Å². The maximum atomic E-state index is 14.3. The number of rotatable bonds is 10. The molecule has 0 aromatic heterocycles. The van der Waals surface area contributed by atoms with E-state index in [0.29, 0.717) is 12.0 Å². The second kappa shape index (κ2) is 10.9. The summed E-state index contributed by atoms with van der Waals surface area (Å²) in [5, 5.41) is 19.4. The van der Waals surface area contributed by atoms with Gasteiger partial charge in [-0.15, -0.1) is 0 Å². The molecule has 0 saturated carbocycles. The van der Waals surface area contributed by atoms with Crippen LogP contribution in [0.2, 0.25) is 5.02 Å². The number of Topliss-reactive ketones (excluding diaryl/α,β-unsaturated/α-hetero) is 1. The maximum Gasteiger partial charge on any atom is 0.177 e. The van der Waals surface area contributed by atoms with Gasteiger partial charge in [-0.2, -0.15) is 0 Å². The molecule has 0 radical (unpaired) electrons. The molecule has 1 aromatic carbocycles. The number of nitrogens with one attached hydrogen (secondary N) is 1. The molecule has 0 fully saturated rings. The molecular formula is C21H26ClFN2O2. The molecule has 4 nitrogen and oxygen atoms in total. The molecule has 0 heterocycles. The molecule has 0 aliphatic carbocycles. The van der Waals surface area contributed by atoms with Crippen LogP contribution in [-0.4, -0.2) is 29.4 Å². The van der Waals surface area contributed by atoms with Crippen LogP contribution in [0.1, 0.15) is 44.0 Å². The third-order valence-corrected chi connectivity index (χ3v) is 4.61. The number of aliphatic hydroxyl groups excluding tert-OH is 1. The molecule has 1 rings (SSSR count). The molecule has 0 bridgehead atoms. The zero-order valence-electron chi connectivity index (χ0n) is 15.9. The van der Waals surface area contributed by atoms with Crippen LogP contribution in [0.4, 0.5) is 4.39 Å². The van der Waals surface area contributed by atoms with Gasteiger partial charge in [0.05, 0.1) is 17.6 Å². The lowest BCUT2D eigenvalue weighted by Gasteiger charge is -2.25. The summed E-state index contributed by atoms with van der Waals surface area (Å²) in [7, 11) is 0. The third kappa shape index (κ3) is 6.22. The largest absolute Gasteiger partial charge is 0.387 e. The minimum absolute atomic E-state index is 0.0515. The molecule has 3 unspecified atom stereocenters. The van der Waals surface area contributed by atoms with Gasteiger partial charge in [0, 0.05) is 16.9 Å². The Morgan fingerprint density at radius 3 is 2.67 bits per heavy atom. The van der Waals surface area contributed by atoms with E-state index in [1.54, 1.807) is 19.1 Å². The van der Waals surface area contributed by atoms with E-state index in [4.69, 9.17) is 17.0 Å². The van der Waals surface area contributed by atoms with Crippen LogP contribution in [0.5, 0.6) is 0 Å². The van der Waals surface area contributed by atoms with Crippen LogP contribution in [0.25, 0.3) is 0 Å². The number of ketones is 1. The van der Waals surface area contributed by atoms with Crippen molar-refractivity contribution in [2.24, 2.45) is 16.8 Å². The molecule has 0 spiro atoms. The number of carbonyl (C=O) groups is 1. The van der Waals surface area contributed by atoms with Crippen LogP contribution >= 0.6 is 11.6 Å². The third-order valence-electron chi connectivity index (χ3n) is 4.38. The number of nitrogens with zero attached hydrogens (tertiary/aromatic N) is 1. The van der Waals surface area contributed by atoms with Crippen LogP contribution in [0.3, 0.4) is 0 Å². The Balaban J connectivity index is 3.39. The summed E-state index contributed by atoms with van der Waals surface area (Å²) in [5.41, 5.74) is 0.175. The number of aliphatic hydroxyl groups is 1. The van der Waals surface area contributed by atoms with Crippen LogP contribution in [0, 0.1) is 23.1 Å². The average molecular weight is 393 g/mol. The second-order valence-corrected chi connectivity index (χ2v) is 6.90. The molecule has 0 aliphatic heterocycles. The highest BCUT2D eigenvalue weighted by Gasteiger charge is 2.34. The summed E-state index contributed by atoms with van der Waals surface area (Å²) in [4.78, 5) is 16.7. The zero-order valence-corrected chi connectivity index (χ0v) is 16.6.